The molecule has 1 atom stereocenters. The number of anilines is 1. The zero-order valence-electron chi connectivity index (χ0n) is 9.17. The standard InChI is InChI=1S/C9H13N3O4S/c1-16-3-6(8(14)15)12-7(13)2-5-4-17-9(10)11-5/h4,6H,2-3H2,1H3,(H2,10,11)(H,12,13)(H,14,15). The van der Waals surface area contributed by atoms with Gasteiger partial charge in [-0.05, 0) is 0 Å². The number of rotatable bonds is 6. The summed E-state index contributed by atoms with van der Waals surface area (Å²) in [7, 11) is 1.36. The molecule has 0 spiro atoms. The molecule has 1 unspecified atom stereocenters. The fraction of sp³-hybridized carbons (Fsp3) is 0.444. The van der Waals surface area contributed by atoms with E-state index in [9.17, 15) is 9.59 Å². The first-order valence-electron chi connectivity index (χ1n) is 4.74. The van der Waals surface area contributed by atoms with Crippen LogP contribution in [-0.2, 0) is 20.7 Å². The number of carboxylic acid groups (broad SMARTS) is 1. The first kappa shape index (κ1) is 13.4. The average Bonchev–Trinajstić information content (AvgIpc) is 2.63. The lowest BCUT2D eigenvalue weighted by molar-refractivity contribution is -0.143. The normalized spacial score (nSPS) is 12.1. The first-order chi connectivity index (χ1) is 8.02. The van der Waals surface area contributed by atoms with Gasteiger partial charge in [-0.15, -0.1) is 11.3 Å². The molecule has 0 fully saturated rings. The number of carbonyl (C=O) groups is 2. The van der Waals surface area contributed by atoms with Gasteiger partial charge in [-0.3, -0.25) is 4.79 Å². The van der Waals surface area contributed by atoms with Gasteiger partial charge in [0.1, 0.15) is 0 Å². The fourth-order valence-corrected chi connectivity index (χ4v) is 1.72. The molecule has 94 valence electrons. The number of nitrogens with two attached hydrogens (primary N) is 1. The number of ether oxygens (including phenoxy) is 1. The molecule has 1 aromatic rings. The molecule has 1 aromatic heterocycles. The van der Waals surface area contributed by atoms with Crippen LogP contribution in [0.5, 0.6) is 0 Å². The summed E-state index contributed by atoms with van der Waals surface area (Å²) >= 11 is 1.23. The lowest BCUT2D eigenvalue weighted by atomic mass is 10.2. The van der Waals surface area contributed by atoms with Crippen molar-refractivity contribution in [3.63, 3.8) is 0 Å². The van der Waals surface area contributed by atoms with Gasteiger partial charge in [0.05, 0.1) is 18.7 Å². The van der Waals surface area contributed by atoms with E-state index >= 15 is 0 Å². The van der Waals surface area contributed by atoms with E-state index in [1.807, 2.05) is 0 Å². The van der Waals surface area contributed by atoms with Crippen LogP contribution in [0, 0.1) is 0 Å². The quantitative estimate of drug-likeness (QED) is 0.633. The summed E-state index contributed by atoms with van der Waals surface area (Å²) in [6, 6.07) is -1.05. The molecule has 4 N–H and O–H groups in total. The molecular formula is C9H13N3O4S. The van der Waals surface area contributed by atoms with Crippen LogP contribution in [0.4, 0.5) is 5.13 Å². The van der Waals surface area contributed by atoms with Gasteiger partial charge in [-0.2, -0.15) is 0 Å². The van der Waals surface area contributed by atoms with E-state index in [-0.39, 0.29) is 13.0 Å². The number of hydrogen-bond acceptors (Lipinski definition) is 6. The highest BCUT2D eigenvalue weighted by molar-refractivity contribution is 7.13. The molecule has 7 nitrogen and oxygen atoms in total. The summed E-state index contributed by atoms with van der Waals surface area (Å²) in [5.74, 6) is -1.57. The van der Waals surface area contributed by atoms with Crippen LogP contribution in [-0.4, -0.2) is 41.7 Å². The van der Waals surface area contributed by atoms with Crippen LogP contribution in [0.2, 0.25) is 0 Å². The number of hydrogen-bond donors (Lipinski definition) is 3. The Morgan fingerprint density at radius 3 is 2.88 bits per heavy atom. The number of nitrogens with zero attached hydrogens (tertiary/aromatic N) is 1. The van der Waals surface area contributed by atoms with Crippen LogP contribution in [0.3, 0.4) is 0 Å². The van der Waals surface area contributed by atoms with Gasteiger partial charge in [0.25, 0.3) is 0 Å². The number of nitrogens with one attached hydrogen (secondary N) is 1. The highest BCUT2D eigenvalue weighted by atomic mass is 32.1. The van der Waals surface area contributed by atoms with E-state index in [4.69, 9.17) is 15.6 Å². The number of amides is 1. The third-order valence-electron chi connectivity index (χ3n) is 1.88. The molecule has 0 aromatic carbocycles. The Morgan fingerprint density at radius 2 is 2.41 bits per heavy atom. The maximum Gasteiger partial charge on any atom is 0.328 e. The smallest absolute Gasteiger partial charge is 0.328 e. The summed E-state index contributed by atoms with van der Waals surface area (Å²) < 4.78 is 4.69. The van der Waals surface area contributed by atoms with E-state index in [1.54, 1.807) is 5.38 Å². The average molecular weight is 259 g/mol. The molecule has 0 radical (unpaired) electrons. The Morgan fingerprint density at radius 1 is 1.71 bits per heavy atom. The molecule has 0 aliphatic heterocycles. The predicted molar refractivity (Wildman–Crippen MR) is 61.7 cm³/mol. The van der Waals surface area contributed by atoms with Crippen LogP contribution >= 0.6 is 11.3 Å². The molecule has 8 heteroatoms. The zero-order chi connectivity index (χ0) is 12.8. The van der Waals surface area contributed by atoms with E-state index in [0.717, 1.165) is 0 Å². The minimum absolute atomic E-state index is 0.00118. The number of aliphatic carboxylic acids is 1. The number of thiazole rings is 1. The maximum atomic E-state index is 11.5. The Balaban J connectivity index is 2.50. The number of carbonyl (C=O) groups excluding carboxylic acids is 1. The van der Waals surface area contributed by atoms with Crippen molar-refractivity contribution in [3.8, 4) is 0 Å². The Bertz CT molecular complexity index is 407. The third-order valence-corrected chi connectivity index (χ3v) is 2.60. The van der Waals surface area contributed by atoms with Gasteiger partial charge in [0.15, 0.2) is 11.2 Å². The second-order valence-electron chi connectivity index (χ2n) is 3.27. The van der Waals surface area contributed by atoms with Gasteiger partial charge in [0.2, 0.25) is 5.91 Å². The molecular weight excluding hydrogens is 246 g/mol. The van der Waals surface area contributed by atoms with Gasteiger partial charge in [0, 0.05) is 12.5 Å². The van der Waals surface area contributed by atoms with E-state index in [0.29, 0.717) is 10.8 Å². The topological polar surface area (TPSA) is 115 Å². The highest BCUT2D eigenvalue weighted by Crippen LogP contribution is 2.11. The van der Waals surface area contributed by atoms with Crippen molar-refractivity contribution in [1.82, 2.24) is 10.3 Å². The van der Waals surface area contributed by atoms with Crippen LogP contribution in [0.25, 0.3) is 0 Å². The van der Waals surface area contributed by atoms with E-state index in [2.05, 4.69) is 10.3 Å². The van der Waals surface area contributed by atoms with Gasteiger partial charge in [-0.25, -0.2) is 9.78 Å². The molecule has 0 aliphatic rings. The van der Waals surface area contributed by atoms with Crippen molar-refractivity contribution in [2.24, 2.45) is 0 Å². The van der Waals surface area contributed by atoms with Gasteiger partial charge in [-0.1, -0.05) is 0 Å². The summed E-state index contributed by atoms with van der Waals surface area (Å²) in [6.45, 7) is -0.0831. The van der Waals surface area contributed by atoms with Crippen molar-refractivity contribution in [3.05, 3.63) is 11.1 Å². The summed E-state index contributed by atoms with van der Waals surface area (Å²) in [4.78, 5) is 26.2. The monoisotopic (exact) mass is 259 g/mol. The Labute approximate surface area is 102 Å². The molecule has 1 heterocycles. The summed E-state index contributed by atoms with van der Waals surface area (Å²) in [6.07, 6.45) is 0.00118. The molecule has 1 rings (SSSR count). The maximum absolute atomic E-state index is 11.5. The number of nitrogen functional groups attached to an aromatic ring is 1. The second kappa shape index (κ2) is 6.16. The van der Waals surface area contributed by atoms with Crippen molar-refractivity contribution in [2.45, 2.75) is 12.5 Å². The van der Waals surface area contributed by atoms with Crippen molar-refractivity contribution >= 4 is 28.3 Å². The third kappa shape index (κ3) is 4.37. The van der Waals surface area contributed by atoms with Crippen molar-refractivity contribution in [1.29, 1.82) is 0 Å². The Kier molecular flexibility index (Phi) is 4.85. The van der Waals surface area contributed by atoms with Crippen molar-refractivity contribution in [2.75, 3.05) is 19.5 Å². The zero-order valence-corrected chi connectivity index (χ0v) is 9.99. The molecule has 0 bridgehead atoms. The van der Waals surface area contributed by atoms with Gasteiger partial charge >= 0.3 is 5.97 Å². The first-order valence-corrected chi connectivity index (χ1v) is 5.62. The molecule has 0 saturated carbocycles. The van der Waals surface area contributed by atoms with Crippen LogP contribution in [0.1, 0.15) is 5.69 Å². The van der Waals surface area contributed by atoms with Crippen LogP contribution in [0.15, 0.2) is 5.38 Å². The molecule has 17 heavy (non-hydrogen) atoms. The lowest BCUT2D eigenvalue weighted by Crippen LogP contribution is -2.44. The molecule has 0 aliphatic carbocycles. The summed E-state index contributed by atoms with van der Waals surface area (Å²) in [5, 5.41) is 13.2. The SMILES string of the molecule is COCC(NC(=O)Cc1csc(N)n1)C(=O)O. The number of carboxylic acids is 1. The fourth-order valence-electron chi connectivity index (χ4n) is 1.16. The van der Waals surface area contributed by atoms with E-state index in [1.165, 1.54) is 18.4 Å². The second-order valence-corrected chi connectivity index (χ2v) is 4.16. The Hall–Kier alpha value is -1.67. The summed E-state index contributed by atoms with van der Waals surface area (Å²) in [5.41, 5.74) is 5.93. The largest absolute Gasteiger partial charge is 0.480 e. The predicted octanol–water partition coefficient (Wildman–Crippen LogP) is -0.516. The number of methoxy groups -OCH3 is 1. The minimum Gasteiger partial charge on any atom is -0.480 e. The lowest BCUT2D eigenvalue weighted by Gasteiger charge is -2.12. The van der Waals surface area contributed by atoms with E-state index < -0.39 is 17.9 Å². The van der Waals surface area contributed by atoms with Crippen molar-refractivity contribution < 1.29 is 19.4 Å². The molecule has 0 saturated heterocycles. The molecule has 1 amide bonds. The van der Waals surface area contributed by atoms with Gasteiger partial charge < -0.3 is 20.9 Å². The highest BCUT2D eigenvalue weighted by Gasteiger charge is 2.20. The van der Waals surface area contributed by atoms with Crippen LogP contribution < -0.4 is 11.1 Å². The number of aromatic nitrogens is 1. The minimum atomic E-state index is -1.14.